The Morgan fingerprint density at radius 2 is 1.95 bits per heavy atom. The van der Waals surface area contributed by atoms with Gasteiger partial charge in [-0.25, -0.2) is 9.37 Å². The molecule has 0 saturated heterocycles. The molecule has 2 rings (SSSR count). The van der Waals surface area contributed by atoms with Crippen molar-refractivity contribution in [2.75, 3.05) is 11.9 Å². The highest BCUT2D eigenvalue weighted by atomic mass is 35.5. The Morgan fingerprint density at radius 3 is 2.52 bits per heavy atom. The third-order valence-electron chi connectivity index (χ3n) is 3.10. The number of pyridine rings is 1. The highest BCUT2D eigenvalue weighted by Gasteiger charge is 2.36. The van der Waals surface area contributed by atoms with Gasteiger partial charge in [0.25, 0.3) is 0 Å². The van der Waals surface area contributed by atoms with Gasteiger partial charge in [0.2, 0.25) is 0 Å². The molecule has 1 aromatic carbocycles. The Bertz CT molecular complexity index is 683. The van der Waals surface area contributed by atoms with Crippen LogP contribution in [0.25, 0.3) is 10.9 Å². The normalized spacial score (nSPS) is 12.0. The monoisotopic (exact) mass is 320 g/mol. The lowest BCUT2D eigenvalue weighted by Crippen LogP contribution is -2.14. The highest BCUT2D eigenvalue weighted by Crippen LogP contribution is 2.40. The quantitative estimate of drug-likeness (QED) is 0.788. The Labute approximate surface area is 124 Å². The lowest BCUT2D eigenvalue weighted by Gasteiger charge is -2.18. The molecule has 0 spiro atoms. The van der Waals surface area contributed by atoms with Crippen LogP contribution in [0, 0.1) is 12.7 Å². The maximum atomic E-state index is 13.9. The molecule has 0 aliphatic rings. The van der Waals surface area contributed by atoms with Crippen LogP contribution in [0.5, 0.6) is 0 Å². The van der Waals surface area contributed by atoms with Gasteiger partial charge in [-0.3, -0.25) is 0 Å². The summed E-state index contributed by atoms with van der Waals surface area (Å²) in [6.45, 7) is 3.62. The van der Waals surface area contributed by atoms with Crippen molar-refractivity contribution in [1.82, 2.24) is 4.98 Å². The van der Waals surface area contributed by atoms with E-state index in [0.29, 0.717) is 13.0 Å². The fourth-order valence-corrected chi connectivity index (χ4v) is 2.38. The molecular formula is C14H13ClF4N2. The summed E-state index contributed by atoms with van der Waals surface area (Å²) in [7, 11) is 0. The van der Waals surface area contributed by atoms with Crippen molar-refractivity contribution >= 4 is 28.2 Å². The smallest absolute Gasteiger partial charge is 0.384 e. The van der Waals surface area contributed by atoms with E-state index in [4.69, 9.17) is 11.6 Å². The zero-order valence-electron chi connectivity index (χ0n) is 11.4. The van der Waals surface area contributed by atoms with Crippen molar-refractivity contribution in [1.29, 1.82) is 0 Å². The summed E-state index contributed by atoms with van der Waals surface area (Å²) >= 11 is 6.02. The van der Waals surface area contributed by atoms with Crippen LogP contribution in [0.4, 0.5) is 23.2 Å². The fourth-order valence-electron chi connectivity index (χ4n) is 2.14. The van der Waals surface area contributed by atoms with Gasteiger partial charge in [0.1, 0.15) is 17.0 Å². The number of aromatic nitrogens is 1. The van der Waals surface area contributed by atoms with Gasteiger partial charge in [0.05, 0.1) is 10.7 Å². The Balaban J connectivity index is 2.86. The number of benzene rings is 1. The molecule has 0 saturated carbocycles. The van der Waals surface area contributed by atoms with E-state index >= 15 is 0 Å². The minimum Gasteiger partial charge on any atom is -0.384 e. The average molecular weight is 321 g/mol. The second-order valence-corrected chi connectivity index (χ2v) is 5.04. The number of nitrogens with zero attached hydrogens (tertiary/aromatic N) is 1. The zero-order valence-corrected chi connectivity index (χ0v) is 12.2. The molecule has 0 fully saturated rings. The Kier molecular flexibility index (Phi) is 4.27. The van der Waals surface area contributed by atoms with E-state index < -0.39 is 17.7 Å². The second kappa shape index (κ2) is 5.67. The summed E-state index contributed by atoms with van der Waals surface area (Å²) in [6, 6.07) is 2.32. The number of halogens is 5. The third kappa shape index (κ3) is 2.90. The van der Waals surface area contributed by atoms with Crippen molar-refractivity contribution in [2.45, 2.75) is 26.4 Å². The van der Waals surface area contributed by atoms with Crippen LogP contribution in [0.3, 0.4) is 0 Å². The van der Waals surface area contributed by atoms with Crippen LogP contribution in [-0.2, 0) is 6.18 Å². The number of nitrogens with one attached hydrogen (secondary N) is 1. The molecule has 7 heteroatoms. The molecule has 1 N–H and O–H groups in total. The van der Waals surface area contributed by atoms with Crippen molar-refractivity contribution < 1.29 is 17.6 Å². The number of hydrogen-bond donors (Lipinski definition) is 1. The van der Waals surface area contributed by atoms with Crippen molar-refractivity contribution in [3.05, 3.63) is 34.2 Å². The average Bonchev–Trinajstić information content (AvgIpc) is 2.40. The van der Waals surface area contributed by atoms with E-state index in [9.17, 15) is 17.6 Å². The predicted molar refractivity (Wildman–Crippen MR) is 75.2 cm³/mol. The van der Waals surface area contributed by atoms with Crippen LogP contribution < -0.4 is 5.32 Å². The lowest BCUT2D eigenvalue weighted by molar-refractivity contribution is -0.141. The minimum absolute atomic E-state index is 0.0871. The summed E-state index contributed by atoms with van der Waals surface area (Å²) in [6.07, 6.45) is -3.95. The lowest BCUT2D eigenvalue weighted by atomic mass is 10.1. The van der Waals surface area contributed by atoms with E-state index in [0.717, 1.165) is 6.07 Å². The van der Waals surface area contributed by atoms with Crippen molar-refractivity contribution in [2.24, 2.45) is 0 Å². The molecule has 0 aliphatic carbocycles. The maximum absolute atomic E-state index is 13.9. The summed E-state index contributed by atoms with van der Waals surface area (Å²) < 4.78 is 53.0. The van der Waals surface area contributed by atoms with Crippen LogP contribution in [0.1, 0.15) is 24.6 Å². The van der Waals surface area contributed by atoms with Gasteiger partial charge in [-0.05, 0) is 25.5 Å². The summed E-state index contributed by atoms with van der Waals surface area (Å²) in [5.41, 5.74) is -1.39. The number of fused-ring (bicyclic) bond motifs is 1. The van der Waals surface area contributed by atoms with Crippen LogP contribution in [0.2, 0.25) is 5.02 Å². The van der Waals surface area contributed by atoms with Gasteiger partial charge in [0, 0.05) is 17.5 Å². The largest absolute Gasteiger partial charge is 0.433 e. The van der Waals surface area contributed by atoms with Crippen molar-refractivity contribution in [3.63, 3.8) is 0 Å². The minimum atomic E-state index is -4.66. The van der Waals surface area contributed by atoms with Gasteiger partial charge in [-0.15, -0.1) is 0 Å². The number of hydrogen-bond acceptors (Lipinski definition) is 2. The van der Waals surface area contributed by atoms with E-state index in [1.165, 1.54) is 13.0 Å². The number of alkyl halides is 3. The fraction of sp³-hybridized carbons (Fsp3) is 0.357. The van der Waals surface area contributed by atoms with E-state index in [1.54, 1.807) is 0 Å². The van der Waals surface area contributed by atoms with Crippen LogP contribution in [-0.4, -0.2) is 11.5 Å². The van der Waals surface area contributed by atoms with E-state index in [2.05, 4.69) is 10.3 Å². The third-order valence-corrected chi connectivity index (χ3v) is 3.42. The zero-order chi connectivity index (χ0) is 15.8. The molecule has 114 valence electrons. The van der Waals surface area contributed by atoms with Gasteiger partial charge in [0.15, 0.2) is 0 Å². The van der Waals surface area contributed by atoms with E-state index in [1.807, 2.05) is 6.92 Å². The molecule has 1 aromatic heterocycles. The van der Waals surface area contributed by atoms with Gasteiger partial charge in [-0.1, -0.05) is 18.5 Å². The molecular weight excluding hydrogens is 308 g/mol. The molecule has 2 nitrogen and oxygen atoms in total. The van der Waals surface area contributed by atoms with Gasteiger partial charge in [-0.2, -0.15) is 13.2 Å². The molecule has 0 radical (unpaired) electrons. The first-order chi connectivity index (χ1) is 9.77. The molecule has 0 amide bonds. The molecule has 2 aromatic rings. The standard InChI is InChI=1S/C14H13ClF4N2/c1-3-6-20-11-7(2)13(14(17,18)19)21-12-9(16)5-4-8(15)10(11)12/h4-5H,3,6H2,1-2H3,(H,20,21). The molecule has 0 aliphatic heterocycles. The second-order valence-electron chi connectivity index (χ2n) is 4.64. The first-order valence-electron chi connectivity index (χ1n) is 6.36. The summed E-state index contributed by atoms with van der Waals surface area (Å²) in [5.74, 6) is -0.834. The SMILES string of the molecule is CCCNc1c(C)c(C(F)(F)F)nc2c(F)ccc(Cl)c12. The van der Waals surface area contributed by atoms with Crippen molar-refractivity contribution in [3.8, 4) is 0 Å². The molecule has 21 heavy (non-hydrogen) atoms. The predicted octanol–water partition coefficient (Wildman–Crippen LogP) is 5.18. The van der Waals surface area contributed by atoms with Crippen LogP contribution in [0.15, 0.2) is 12.1 Å². The Morgan fingerprint density at radius 1 is 1.29 bits per heavy atom. The van der Waals surface area contributed by atoms with Gasteiger partial charge >= 0.3 is 6.18 Å². The first-order valence-corrected chi connectivity index (χ1v) is 6.74. The van der Waals surface area contributed by atoms with Crippen LogP contribution >= 0.6 is 11.6 Å². The maximum Gasteiger partial charge on any atom is 0.433 e. The summed E-state index contributed by atoms with van der Waals surface area (Å²) in [4.78, 5) is 3.45. The summed E-state index contributed by atoms with van der Waals surface area (Å²) in [5, 5.41) is 3.23. The first kappa shape index (κ1) is 15.8. The highest BCUT2D eigenvalue weighted by molar-refractivity contribution is 6.36. The molecule has 0 bridgehead atoms. The number of anilines is 1. The molecule has 1 heterocycles. The Hall–Kier alpha value is -1.56. The molecule has 0 unspecified atom stereocenters. The topological polar surface area (TPSA) is 24.9 Å². The van der Waals surface area contributed by atoms with Gasteiger partial charge < -0.3 is 5.32 Å². The molecule has 0 atom stereocenters. The number of rotatable bonds is 3. The van der Waals surface area contributed by atoms with E-state index in [-0.39, 0.29) is 27.2 Å².